The first-order chi connectivity index (χ1) is 11.6. The molecule has 2 aliphatic rings. The van der Waals surface area contributed by atoms with Crippen molar-refractivity contribution in [3.8, 4) is 0 Å². The summed E-state index contributed by atoms with van der Waals surface area (Å²) < 4.78 is 13.3. The van der Waals surface area contributed by atoms with Gasteiger partial charge in [0.05, 0.1) is 5.41 Å². The summed E-state index contributed by atoms with van der Waals surface area (Å²) in [6, 6.07) is 6.72. The molecule has 3 nitrogen and oxygen atoms in total. The summed E-state index contributed by atoms with van der Waals surface area (Å²) in [4.78, 5) is 13.2. The molecule has 1 aliphatic carbocycles. The van der Waals surface area contributed by atoms with Crippen LogP contribution < -0.4 is 10.6 Å². The van der Waals surface area contributed by atoms with Gasteiger partial charge in [-0.15, -0.1) is 0 Å². The van der Waals surface area contributed by atoms with Crippen molar-refractivity contribution in [2.24, 2.45) is 5.92 Å². The molecule has 1 aromatic carbocycles. The van der Waals surface area contributed by atoms with Gasteiger partial charge in [-0.2, -0.15) is 0 Å². The lowest BCUT2D eigenvalue weighted by Gasteiger charge is -2.39. The highest BCUT2D eigenvalue weighted by molar-refractivity contribution is 5.88. The molecule has 1 saturated heterocycles. The Balaban J connectivity index is 1.77. The second-order valence-corrected chi connectivity index (χ2v) is 7.50. The maximum Gasteiger partial charge on any atom is 0.230 e. The monoisotopic (exact) mass is 332 g/mol. The molecule has 0 spiro atoms. The minimum atomic E-state index is -0.526. The zero-order chi connectivity index (χ0) is 17.0. The fraction of sp³-hybridized carbons (Fsp3) is 0.650. The molecule has 2 N–H and O–H groups in total. The average molecular weight is 332 g/mol. The molecule has 1 heterocycles. The van der Waals surface area contributed by atoms with E-state index in [-0.39, 0.29) is 17.8 Å². The van der Waals surface area contributed by atoms with E-state index < -0.39 is 5.41 Å². The van der Waals surface area contributed by atoms with Crippen LogP contribution in [0.3, 0.4) is 0 Å². The Morgan fingerprint density at radius 2 is 1.79 bits per heavy atom. The Morgan fingerprint density at radius 1 is 1.17 bits per heavy atom. The zero-order valence-corrected chi connectivity index (χ0v) is 14.6. The first kappa shape index (κ1) is 17.4. The second-order valence-electron chi connectivity index (χ2n) is 7.50. The van der Waals surface area contributed by atoms with E-state index in [1.54, 1.807) is 12.1 Å². The van der Waals surface area contributed by atoms with E-state index in [1.807, 2.05) is 0 Å². The van der Waals surface area contributed by atoms with Gasteiger partial charge in [-0.1, -0.05) is 31.4 Å². The minimum absolute atomic E-state index is 0.119. The number of carbonyl (C=O) groups excluding carboxylic acids is 1. The summed E-state index contributed by atoms with van der Waals surface area (Å²) in [5, 5.41) is 6.65. The van der Waals surface area contributed by atoms with Gasteiger partial charge >= 0.3 is 0 Å². The SMILES string of the molecule is CC(NC(=O)C1(c2ccc(F)cc2)CCNCC1)C1CCCCC1. The molecule has 1 unspecified atom stereocenters. The Morgan fingerprint density at radius 3 is 2.42 bits per heavy atom. The highest BCUT2D eigenvalue weighted by Gasteiger charge is 2.42. The Labute approximate surface area is 144 Å². The fourth-order valence-corrected chi connectivity index (χ4v) is 4.37. The topological polar surface area (TPSA) is 41.1 Å². The third-order valence-corrected chi connectivity index (χ3v) is 6.00. The molecule has 1 atom stereocenters. The molecule has 3 rings (SSSR count). The van der Waals surface area contributed by atoms with Crippen LogP contribution in [0.2, 0.25) is 0 Å². The van der Waals surface area contributed by atoms with Gasteiger partial charge in [0, 0.05) is 6.04 Å². The maximum absolute atomic E-state index is 13.3. The number of halogens is 1. The van der Waals surface area contributed by atoms with E-state index in [0.29, 0.717) is 5.92 Å². The minimum Gasteiger partial charge on any atom is -0.353 e. The van der Waals surface area contributed by atoms with Gasteiger partial charge < -0.3 is 10.6 Å². The van der Waals surface area contributed by atoms with Gasteiger partial charge in [0.2, 0.25) is 5.91 Å². The van der Waals surface area contributed by atoms with Crippen LogP contribution in [-0.4, -0.2) is 25.0 Å². The average Bonchev–Trinajstić information content (AvgIpc) is 2.63. The zero-order valence-electron chi connectivity index (χ0n) is 14.6. The van der Waals surface area contributed by atoms with Crippen LogP contribution in [0.15, 0.2) is 24.3 Å². The number of amides is 1. The Kier molecular flexibility index (Phi) is 5.54. The van der Waals surface area contributed by atoms with Crippen molar-refractivity contribution in [1.29, 1.82) is 0 Å². The van der Waals surface area contributed by atoms with E-state index in [2.05, 4.69) is 17.6 Å². The summed E-state index contributed by atoms with van der Waals surface area (Å²) in [5.41, 5.74) is 0.417. The Hall–Kier alpha value is -1.42. The molecule has 0 radical (unpaired) electrons. The fourth-order valence-electron chi connectivity index (χ4n) is 4.37. The molecule has 1 saturated carbocycles. The summed E-state index contributed by atoms with van der Waals surface area (Å²) in [6.45, 7) is 3.79. The number of benzene rings is 1. The lowest BCUT2D eigenvalue weighted by molar-refractivity contribution is -0.129. The lowest BCUT2D eigenvalue weighted by Crippen LogP contribution is -2.53. The molecule has 2 fully saturated rings. The van der Waals surface area contributed by atoms with E-state index in [9.17, 15) is 9.18 Å². The van der Waals surface area contributed by atoms with Crippen molar-refractivity contribution in [3.63, 3.8) is 0 Å². The van der Waals surface area contributed by atoms with E-state index in [1.165, 1.54) is 44.2 Å². The quantitative estimate of drug-likeness (QED) is 0.885. The van der Waals surface area contributed by atoms with Crippen molar-refractivity contribution >= 4 is 5.91 Å². The van der Waals surface area contributed by atoms with Gasteiger partial charge in [-0.25, -0.2) is 4.39 Å². The number of hydrogen-bond acceptors (Lipinski definition) is 2. The van der Waals surface area contributed by atoms with Crippen LogP contribution in [0.1, 0.15) is 57.4 Å². The van der Waals surface area contributed by atoms with Gasteiger partial charge in [0.25, 0.3) is 0 Å². The standard InChI is InChI=1S/C20H29FN2O/c1-15(16-5-3-2-4-6-16)23-19(24)20(11-13-22-14-12-20)17-7-9-18(21)10-8-17/h7-10,15-16,22H,2-6,11-14H2,1H3,(H,23,24). The molecule has 1 amide bonds. The number of carbonyl (C=O) groups is 1. The largest absolute Gasteiger partial charge is 0.353 e. The van der Waals surface area contributed by atoms with Crippen LogP contribution in [0, 0.1) is 11.7 Å². The van der Waals surface area contributed by atoms with Gasteiger partial charge in [-0.05, 0) is 69.3 Å². The molecule has 4 heteroatoms. The van der Waals surface area contributed by atoms with Gasteiger partial charge in [0.15, 0.2) is 0 Å². The van der Waals surface area contributed by atoms with E-state index in [0.717, 1.165) is 31.5 Å². The van der Waals surface area contributed by atoms with E-state index in [4.69, 9.17) is 0 Å². The van der Waals surface area contributed by atoms with Crippen molar-refractivity contribution in [2.75, 3.05) is 13.1 Å². The number of rotatable bonds is 4. The number of nitrogens with one attached hydrogen (secondary N) is 2. The van der Waals surface area contributed by atoms with Gasteiger partial charge in [-0.3, -0.25) is 4.79 Å². The molecule has 0 aromatic heterocycles. The maximum atomic E-state index is 13.3. The molecule has 1 aromatic rings. The molecular weight excluding hydrogens is 303 g/mol. The van der Waals surface area contributed by atoms with Crippen LogP contribution >= 0.6 is 0 Å². The summed E-state index contributed by atoms with van der Waals surface area (Å²) >= 11 is 0. The first-order valence-electron chi connectivity index (χ1n) is 9.39. The van der Waals surface area contributed by atoms with Crippen LogP contribution in [0.4, 0.5) is 4.39 Å². The second kappa shape index (κ2) is 7.64. The van der Waals surface area contributed by atoms with E-state index >= 15 is 0 Å². The van der Waals surface area contributed by atoms with Gasteiger partial charge in [0.1, 0.15) is 5.82 Å². The molecule has 24 heavy (non-hydrogen) atoms. The van der Waals surface area contributed by atoms with Crippen LogP contribution in [0.25, 0.3) is 0 Å². The van der Waals surface area contributed by atoms with Crippen molar-refractivity contribution in [3.05, 3.63) is 35.6 Å². The summed E-state index contributed by atoms with van der Waals surface area (Å²) in [7, 11) is 0. The molecule has 0 bridgehead atoms. The van der Waals surface area contributed by atoms with Crippen molar-refractivity contribution < 1.29 is 9.18 Å². The Bertz CT molecular complexity index is 545. The third kappa shape index (κ3) is 3.64. The summed E-state index contributed by atoms with van der Waals surface area (Å²) in [5.74, 6) is 0.460. The predicted molar refractivity (Wildman–Crippen MR) is 94.4 cm³/mol. The predicted octanol–water partition coefficient (Wildman–Crippen LogP) is 3.53. The van der Waals surface area contributed by atoms with Crippen molar-refractivity contribution in [1.82, 2.24) is 10.6 Å². The highest BCUT2D eigenvalue weighted by atomic mass is 19.1. The normalized spacial score (nSPS) is 22.8. The smallest absolute Gasteiger partial charge is 0.230 e. The highest BCUT2D eigenvalue weighted by Crippen LogP contribution is 2.35. The number of piperidine rings is 1. The summed E-state index contributed by atoms with van der Waals surface area (Å²) in [6.07, 6.45) is 7.83. The third-order valence-electron chi connectivity index (χ3n) is 6.00. The van der Waals surface area contributed by atoms with Crippen molar-refractivity contribution in [2.45, 2.75) is 63.3 Å². The molecule has 132 valence electrons. The number of hydrogen-bond donors (Lipinski definition) is 2. The molecule has 1 aliphatic heterocycles. The van der Waals surface area contributed by atoms with Crippen LogP contribution in [-0.2, 0) is 10.2 Å². The van der Waals surface area contributed by atoms with Crippen LogP contribution in [0.5, 0.6) is 0 Å². The first-order valence-corrected chi connectivity index (χ1v) is 9.39. The molecular formula is C20H29FN2O. The lowest BCUT2D eigenvalue weighted by atomic mass is 9.72.